The van der Waals surface area contributed by atoms with Gasteiger partial charge < -0.3 is 15.7 Å². The lowest BCUT2D eigenvalue weighted by Crippen LogP contribution is -2.42. The Kier molecular flexibility index (Phi) is 6.98. The summed E-state index contributed by atoms with van der Waals surface area (Å²) in [5.41, 5.74) is 0.614. The lowest BCUT2D eigenvalue weighted by molar-refractivity contribution is -0.00177. The summed E-state index contributed by atoms with van der Waals surface area (Å²) in [6.07, 6.45) is 7.75. The molecule has 0 radical (unpaired) electrons. The molecule has 30 heavy (non-hydrogen) atoms. The number of anilines is 1. The molecule has 1 amide bonds. The Bertz CT molecular complexity index is 875. The van der Waals surface area contributed by atoms with Crippen LogP contribution in [-0.2, 0) is 7.05 Å². The number of nitrogens with one attached hydrogen (secondary N) is 2. The lowest BCUT2D eigenvalue weighted by atomic mass is 9.83. The average Bonchev–Trinajstić information content (AvgIpc) is 3.12. The van der Waals surface area contributed by atoms with Crippen molar-refractivity contribution in [2.75, 3.05) is 11.9 Å². The zero-order valence-corrected chi connectivity index (χ0v) is 18.3. The van der Waals surface area contributed by atoms with Crippen molar-refractivity contribution in [3.05, 3.63) is 40.9 Å². The van der Waals surface area contributed by atoms with Crippen molar-refractivity contribution >= 4 is 23.2 Å². The van der Waals surface area contributed by atoms with Gasteiger partial charge in [0, 0.05) is 25.5 Å². The molecule has 3 rings (SSSR count). The molecule has 9 heteroatoms. The summed E-state index contributed by atoms with van der Waals surface area (Å²) in [5, 5.41) is 20.2. The van der Waals surface area contributed by atoms with E-state index in [2.05, 4.69) is 26.9 Å². The minimum absolute atomic E-state index is 0.202. The minimum atomic E-state index is -1.58. The van der Waals surface area contributed by atoms with E-state index in [0.717, 1.165) is 25.7 Å². The van der Waals surface area contributed by atoms with Crippen molar-refractivity contribution in [3.63, 3.8) is 0 Å². The number of carbonyl (C=O) groups excluding carboxylic acids is 1. The highest BCUT2D eigenvalue weighted by Gasteiger charge is 2.28. The maximum atomic E-state index is 14.0. The number of carbonyl (C=O) groups is 1. The van der Waals surface area contributed by atoms with Gasteiger partial charge in [-0.3, -0.25) is 9.48 Å². The van der Waals surface area contributed by atoms with Crippen LogP contribution in [0.15, 0.2) is 24.7 Å². The van der Waals surface area contributed by atoms with Gasteiger partial charge in [-0.05, 0) is 57.1 Å². The second-order valence-corrected chi connectivity index (χ2v) is 8.91. The van der Waals surface area contributed by atoms with Crippen molar-refractivity contribution < 1.29 is 14.3 Å². The third kappa shape index (κ3) is 5.70. The molecule has 0 aromatic carbocycles. The maximum Gasteiger partial charge on any atom is 0.255 e. The molecule has 2 aromatic rings. The van der Waals surface area contributed by atoms with E-state index in [-0.39, 0.29) is 17.7 Å². The van der Waals surface area contributed by atoms with Gasteiger partial charge >= 0.3 is 0 Å². The summed E-state index contributed by atoms with van der Waals surface area (Å²) in [5.74, 6) is 0.0292. The molecule has 0 spiro atoms. The Morgan fingerprint density at radius 3 is 2.67 bits per heavy atom. The highest BCUT2D eigenvalue weighted by Crippen LogP contribution is 2.34. The molecule has 1 atom stereocenters. The minimum Gasteiger partial charge on any atom is -0.387 e. The lowest BCUT2D eigenvalue weighted by Gasteiger charge is -2.30. The first-order valence-electron chi connectivity index (χ1n) is 10.2. The quantitative estimate of drug-likeness (QED) is 0.577. The standard InChI is InChI=1S/C21H29ClFN5O2/c1-21(2,30)18(23)11-25-20(29)16-10-24-19(22)8-17(16)27-15-6-4-13(5-7-15)14-9-26-28(3)12-14/h8-10,12-13,15,18,30H,4-7,11H2,1-3H3,(H,24,27)(H,25,29)/t13?,15?,18-/m1/s1. The Labute approximate surface area is 181 Å². The molecule has 0 aliphatic heterocycles. The van der Waals surface area contributed by atoms with Gasteiger partial charge in [-0.25, -0.2) is 9.37 Å². The highest BCUT2D eigenvalue weighted by atomic mass is 35.5. The molecule has 1 fully saturated rings. The molecule has 0 unspecified atom stereocenters. The van der Waals surface area contributed by atoms with E-state index in [4.69, 9.17) is 11.6 Å². The summed E-state index contributed by atoms with van der Waals surface area (Å²) in [6, 6.07) is 1.82. The van der Waals surface area contributed by atoms with Gasteiger partial charge in [0.05, 0.1) is 29.6 Å². The fourth-order valence-electron chi connectivity index (χ4n) is 3.70. The van der Waals surface area contributed by atoms with Crippen LogP contribution in [0.3, 0.4) is 0 Å². The van der Waals surface area contributed by atoms with Crippen LogP contribution in [0.1, 0.15) is 61.4 Å². The van der Waals surface area contributed by atoms with Gasteiger partial charge in [0.1, 0.15) is 11.3 Å². The molecule has 164 valence electrons. The Morgan fingerprint density at radius 2 is 2.07 bits per heavy atom. The normalized spacial score (nSPS) is 20.6. The number of hydrogen-bond donors (Lipinski definition) is 3. The SMILES string of the molecule is Cn1cc(C2CCC(Nc3cc(Cl)ncc3C(=O)NC[C@@H](F)C(C)(C)O)CC2)cn1. The van der Waals surface area contributed by atoms with Crippen molar-refractivity contribution in [1.82, 2.24) is 20.1 Å². The monoisotopic (exact) mass is 437 g/mol. The zero-order valence-electron chi connectivity index (χ0n) is 17.5. The Hall–Kier alpha value is -2.19. The van der Waals surface area contributed by atoms with E-state index in [1.807, 2.05) is 17.9 Å². The van der Waals surface area contributed by atoms with Crippen LogP contribution in [0.25, 0.3) is 0 Å². The third-order valence-electron chi connectivity index (χ3n) is 5.61. The van der Waals surface area contributed by atoms with Gasteiger partial charge in [0.15, 0.2) is 0 Å². The summed E-state index contributed by atoms with van der Waals surface area (Å²) in [7, 11) is 1.92. The van der Waals surface area contributed by atoms with Crippen LogP contribution in [0.2, 0.25) is 5.15 Å². The highest BCUT2D eigenvalue weighted by molar-refractivity contribution is 6.29. The van der Waals surface area contributed by atoms with Crippen molar-refractivity contribution in [2.45, 2.75) is 63.3 Å². The Balaban J connectivity index is 1.62. The summed E-state index contributed by atoms with van der Waals surface area (Å²) in [6.45, 7) is 2.44. The molecular formula is C21H29ClFN5O2. The fraction of sp³-hybridized carbons (Fsp3) is 0.571. The average molecular weight is 438 g/mol. The van der Waals surface area contributed by atoms with Crippen LogP contribution in [0.5, 0.6) is 0 Å². The van der Waals surface area contributed by atoms with Crippen molar-refractivity contribution in [2.24, 2.45) is 7.05 Å². The van der Waals surface area contributed by atoms with E-state index in [1.54, 1.807) is 6.07 Å². The van der Waals surface area contributed by atoms with E-state index < -0.39 is 17.7 Å². The molecule has 0 bridgehead atoms. The first kappa shape index (κ1) is 22.5. The van der Waals surface area contributed by atoms with Crippen LogP contribution in [0, 0.1) is 0 Å². The number of rotatable bonds is 7. The topological polar surface area (TPSA) is 92.1 Å². The molecule has 2 aromatic heterocycles. The summed E-state index contributed by atoms with van der Waals surface area (Å²) < 4.78 is 15.8. The molecule has 1 aliphatic rings. The molecular weight excluding hydrogens is 409 g/mol. The molecule has 0 saturated heterocycles. The summed E-state index contributed by atoms with van der Waals surface area (Å²) >= 11 is 6.05. The number of alkyl halides is 1. The first-order valence-corrected chi connectivity index (χ1v) is 10.6. The number of halogens is 2. The Morgan fingerprint density at radius 1 is 1.37 bits per heavy atom. The predicted molar refractivity (Wildman–Crippen MR) is 115 cm³/mol. The van der Waals surface area contributed by atoms with Crippen molar-refractivity contribution in [3.8, 4) is 0 Å². The number of amides is 1. The van der Waals surface area contributed by atoms with Gasteiger partial charge in [-0.1, -0.05) is 11.6 Å². The van der Waals surface area contributed by atoms with Crippen LogP contribution < -0.4 is 10.6 Å². The van der Waals surface area contributed by atoms with E-state index >= 15 is 0 Å². The van der Waals surface area contributed by atoms with E-state index in [0.29, 0.717) is 17.2 Å². The molecule has 2 heterocycles. The zero-order chi connectivity index (χ0) is 21.9. The number of aliphatic hydroxyl groups is 1. The number of aryl methyl sites for hydroxylation is 1. The number of nitrogens with zero attached hydrogens (tertiary/aromatic N) is 3. The number of hydrogen-bond acceptors (Lipinski definition) is 5. The number of pyridine rings is 1. The van der Waals surface area contributed by atoms with Crippen LogP contribution in [0.4, 0.5) is 10.1 Å². The smallest absolute Gasteiger partial charge is 0.255 e. The number of aromatic nitrogens is 3. The van der Waals surface area contributed by atoms with Crippen LogP contribution >= 0.6 is 11.6 Å². The van der Waals surface area contributed by atoms with Gasteiger partial charge in [0.25, 0.3) is 5.91 Å². The fourth-order valence-corrected chi connectivity index (χ4v) is 3.86. The molecule has 1 aliphatic carbocycles. The predicted octanol–water partition coefficient (Wildman–Crippen LogP) is 3.45. The second-order valence-electron chi connectivity index (χ2n) is 8.52. The van der Waals surface area contributed by atoms with Crippen LogP contribution in [-0.4, -0.2) is 50.1 Å². The van der Waals surface area contributed by atoms with Gasteiger partial charge in [-0.15, -0.1) is 0 Å². The molecule has 3 N–H and O–H groups in total. The van der Waals surface area contributed by atoms with Crippen molar-refractivity contribution in [1.29, 1.82) is 0 Å². The van der Waals surface area contributed by atoms with E-state index in [9.17, 15) is 14.3 Å². The van der Waals surface area contributed by atoms with Gasteiger partial charge in [-0.2, -0.15) is 5.10 Å². The van der Waals surface area contributed by atoms with E-state index in [1.165, 1.54) is 25.6 Å². The molecule has 1 saturated carbocycles. The second kappa shape index (κ2) is 9.31. The summed E-state index contributed by atoms with van der Waals surface area (Å²) in [4.78, 5) is 16.6. The third-order valence-corrected chi connectivity index (χ3v) is 5.81. The largest absolute Gasteiger partial charge is 0.387 e. The molecule has 7 nitrogen and oxygen atoms in total. The van der Waals surface area contributed by atoms with Gasteiger partial charge in [0.2, 0.25) is 0 Å². The maximum absolute atomic E-state index is 14.0. The first-order chi connectivity index (χ1) is 14.1.